The van der Waals surface area contributed by atoms with Crippen LogP contribution >= 0.6 is 12.4 Å². The molecule has 1 saturated carbocycles. The van der Waals surface area contributed by atoms with Gasteiger partial charge in [-0.3, -0.25) is 4.79 Å². The van der Waals surface area contributed by atoms with E-state index < -0.39 is 17.8 Å². The first kappa shape index (κ1) is 19.8. The normalized spacial score (nSPS) is 25.2. The second kappa shape index (κ2) is 8.27. The molecule has 2 N–H and O–H groups in total. The fourth-order valence-electron chi connectivity index (χ4n) is 3.95. The molecule has 4 nitrogen and oxygen atoms in total. The van der Waals surface area contributed by atoms with Crippen molar-refractivity contribution in [2.75, 3.05) is 13.1 Å². The average molecular weight is 379 g/mol. The lowest BCUT2D eigenvalue weighted by Gasteiger charge is -2.37. The van der Waals surface area contributed by atoms with Gasteiger partial charge in [-0.25, -0.2) is 4.39 Å². The number of fused-ring (bicyclic) bond motifs is 1. The van der Waals surface area contributed by atoms with Crippen molar-refractivity contribution in [2.24, 2.45) is 11.3 Å². The molecule has 0 unspecified atom stereocenters. The molecule has 1 aromatic rings. The second-order valence-corrected chi connectivity index (χ2v) is 6.51. The number of alkyl halides is 2. The first-order valence-corrected chi connectivity index (χ1v) is 8.24. The SMILES string of the molecule is Cl.O=C(NCc1c(F)cccc1OC(F)F)[C@@]12CCCC[C@H]1CNC2. The van der Waals surface area contributed by atoms with E-state index in [2.05, 4.69) is 15.4 Å². The molecule has 0 bridgehead atoms. The third kappa shape index (κ3) is 4.03. The molecule has 1 aromatic carbocycles. The molecule has 1 aliphatic carbocycles. The number of nitrogens with one attached hydrogen (secondary N) is 2. The molecular weight excluding hydrogens is 357 g/mol. The lowest BCUT2D eigenvalue weighted by atomic mass is 9.67. The van der Waals surface area contributed by atoms with Crippen molar-refractivity contribution in [3.05, 3.63) is 29.6 Å². The first-order valence-electron chi connectivity index (χ1n) is 8.24. The van der Waals surface area contributed by atoms with Crippen molar-refractivity contribution in [1.82, 2.24) is 10.6 Å². The number of carbonyl (C=O) groups excluding carboxylic acids is 1. The summed E-state index contributed by atoms with van der Waals surface area (Å²) in [4.78, 5) is 12.8. The standard InChI is InChI=1S/C17H21F3N2O2.ClH/c18-13-5-3-6-14(24-16(19)20)12(13)9-22-15(23)17-7-2-1-4-11(17)8-21-10-17;/h3,5-6,11,16,21H,1-2,4,7-10H2,(H,22,23);1H/t11-,17+;/m0./s1. The molecule has 1 heterocycles. The summed E-state index contributed by atoms with van der Waals surface area (Å²) in [6.45, 7) is -1.78. The van der Waals surface area contributed by atoms with Gasteiger partial charge in [0, 0.05) is 18.7 Å². The van der Waals surface area contributed by atoms with Gasteiger partial charge in [-0.1, -0.05) is 18.9 Å². The summed E-state index contributed by atoms with van der Waals surface area (Å²) in [7, 11) is 0. The van der Waals surface area contributed by atoms with Gasteiger partial charge in [0.25, 0.3) is 0 Å². The molecule has 0 spiro atoms. The smallest absolute Gasteiger partial charge is 0.387 e. The third-order valence-electron chi connectivity index (χ3n) is 5.21. The number of carbonyl (C=O) groups is 1. The Morgan fingerprint density at radius 2 is 2.20 bits per heavy atom. The maximum atomic E-state index is 14.0. The number of ether oxygens (including phenoxy) is 1. The number of benzene rings is 1. The Morgan fingerprint density at radius 1 is 1.40 bits per heavy atom. The summed E-state index contributed by atoms with van der Waals surface area (Å²) in [5.41, 5.74) is -0.520. The van der Waals surface area contributed by atoms with Crippen LogP contribution in [0.3, 0.4) is 0 Å². The molecule has 1 amide bonds. The number of rotatable bonds is 5. The van der Waals surface area contributed by atoms with Crippen LogP contribution in [0.2, 0.25) is 0 Å². The van der Waals surface area contributed by atoms with Crippen molar-refractivity contribution in [2.45, 2.75) is 38.8 Å². The highest BCUT2D eigenvalue weighted by molar-refractivity contribution is 5.85. The van der Waals surface area contributed by atoms with Gasteiger partial charge in [0.05, 0.1) is 5.41 Å². The molecule has 2 aliphatic rings. The predicted molar refractivity (Wildman–Crippen MR) is 89.4 cm³/mol. The average Bonchev–Trinajstić information content (AvgIpc) is 2.98. The molecule has 0 aromatic heterocycles. The van der Waals surface area contributed by atoms with E-state index in [1.165, 1.54) is 18.2 Å². The highest BCUT2D eigenvalue weighted by Gasteiger charge is 2.49. The number of hydrogen-bond donors (Lipinski definition) is 2. The van der Waals surface area contributed by atoms with E-state index in [0.29, 0.717) is 6.54 Å². The zero-order valence-electron chi connectivity index (χ0n) is 13.7. The Bertz CT molecular complexity index is 618. The van der Waals surface area contributed by atoms with E-state index in [-0.39, 0.29) is 42.1 Å². The lowest BCUT2D eigenvalue weighted by molar-refractivity contribution is -0.134. The zero-order chi connectivity index (χ0) is 17.2. The van der Waals surface area contributed by atoms with Crippen molar-refractivity contribution < 1.29 is 22.7 Å². The summed E-state index contributed by atoms with van der Waals surface area (Å²) >= 11 is 0. The number of amides is 1. The van der Waals surface area contributed by atoms with Crippen LogP contribution in [-0.2, 0) is 11.3 Å². The Hall–Kier alpha value is -1.47. The molecule has 140 valence electrons. The Balaban J connectivity index is 0.00000225. The molecule has 1 aliphatic heterocycles. The Morgan fingerprint density at radius 3 is 2.96 bits per heavy atom. The van der Waals surface area contributed by atoms with Gasteiger partial charge in [0.2, 0.25) is 5.91 Å². The minimum Gasteiger partial charge on any atom is -0.434 e. The second-order valence-electron chi connectivity index (χ2n) is 6.51. The summed E-state index contributed by atoms with van der Waals surface area (Å²) in [5, 5.41) is 6.02. The molecule has 3 rings (SSSR count). The minimum absolute atomic E-state index is 0. The molecule has 1 saturated heterocycles. The summed E-state index contributed by atoms with van der Waals surface area (Å²) < 4.78 is 43.2. The van der Waals surface area contributed by atoms with E-state index in [9.17, 15) is 18.0 Å². The highest BCUT2D eigenvalue weighted by Crippen LogP contribution is 2.44. The van der Waals surface area contributed by atoms with Crippen LogP contribution in [0, 0.1) is 17.2 Å². The molecular formula is C17H22ClF3N2O2. The lowest BCUT2D eigenvalue weighted by Crippen LogP contribution is -2.47. The maximum absolute atomic E-state index is 14.0. The van der Waals surface area contributed by atoms with Gasteiger partial charge in [-0.15, -0.1) is 12.4 Å². The van der Waals surface area contributed by atoms with Gasteiger partial charge >= 0.3 is 6.61 Å². The summed E-state index contributed by atoms with van der Waals surface area (Å²) in [6.07, 6.45) is 3.90. The topological polar surface area (TPSA) is 50.4 Å². The van der Waals surface area contributed by atoms with Crippen molar-refractivity contribution in [3.8, 4) is 5.75 Å². The Labute approximate surface area is 150 Å². The van der Waals surface area contributed by atoms with Crippen LogP contribution < -0.4 is 15.4 Å². The van der Waals surface area contributed by atoms with Crippen LogP contribution in [0.25, 0.3) is 0 Å². The van der Waals surface area contributed by atoms with Crippen molar-refractivity contribution in [1.29, 1.82) is 0 Å². The van der Waals surface area contributed by atoms with Gasteiger partial charge in [0.15, 0.2) is 0 Å². The minimum atomic E-state index is -3.04. The highest BCUT2D eigenvalue weighted by atomic mass is 35.5. The Kier molecular flexibility index (Phi) is 6.57. The first-order chi connectivity index (χ1) is 11.5. The number of halogens is 4. The molecule has 2 atom stereocenters. The van der Waals surface area contributed by atoms with Gasteiger partial charge in [-0.05, 0) is 37.4 Å². The van der Waals surface area contributed by atoms with Gasteiger partial charge in [0.1, 0.15) is 11.6 Å². The van der Waals surface area contributed by atoms with E-state index in [1.807, 2.05) is 0 Å². The van der Waals surface area contributed by atoms with Crippen LogP contribution in [0.5, 0.6) is 5.75 Å². The van der Waals surface area contributed by atoms with E-state index in [4.69, 9.17) is 0 Å². The summed E-state index contributed by atoms with van der Waals surface area (Å²) in [5.74, 6) is -0.768. The molecule has 2 fully saturated rings. The molecule has 25 heavy (non-hydrogen) atoms. The predicted octanol–water partition coefficient (Wildman–Crippen LogP) is 3.24. The van der Waals surface area contributed by atoms with Gasteiger partial charge < -0.3 is 15.4 Å². The maximum Gasteiger partial charge on any atom is 0.387 e. The monoisotopic (exact) mass is 378 g/mol. The van der Waals surface area contributed by atoms with E-state index in [0.717, 1.165) is 32.2 Å². The zero-order valence-corrected chi connectivity index (χ0v) is 14.5. The largest absolute Gasteiger partial charge is 0.434 e. The number of hydrogen-bond acceptors (Lipinski definition) is 3. The van der Waals surface area contributed by atoms with Crippen LogP contribution in [0.1, 0.15) is 31.2 Å². The molecule has 8 heteroatoms. The van der Waals surface area contributed by atoms with Crippen molar-refractivity contribution >= 4 is 18.3 Å². The molecule has 0 radical (unpaired) electrons. The fraction of sp³-hybridized carbons (Fsp3) is 0.588. The van der Waals surface area contributed by atoms with Crippen LogP contribution in [0.4, 0.5) is 13.2 Å². The van der Waals surface area contributed by atoms with Crippen LogP contribution in [-0.4, -0.2) is 25.6 Å². The third-order valence-corrected chi connectivity index (χ3v) is 5.21. The van der Waals surface area contributed by atoms with Crippen LogP contribution in [0.15, 0.2) is 18.2 Å². The quantitative estimate of drug-likeness (QED) is 0.827. The fourth-order valence-corrected chi connectivity index (χ4v) is 3.95. The van der Waals surface area contributed by atoms with Gasteiger partial charge in [-0.2, -0.15) is 8.78 Å². The van der Waals surface area contributed by atoms with E-state index in [1.54, 1.807) is 0 Å². The summed E-state index contributed by atoms with van der Waals surface area (Å²) in [6, 6.07) is 3.74. The van der Waals surface area contributed by atoms with Crippen molar-refractivity contribution in [3.63, 3.8) is 0 Å². The van der Waals surface area contributed by atoms with E-state index >= 15 is 0 Å².